The van der Waals surface area contributed by atoms with Crippen molar-refractivity contribution < 1.29 is 8.42 Å². The van der Waals surface area contributed by atoms with Crippen LogP contribution in [0.25, 0.3) is 0 Å². The largest absolute Gasteiger partial charge is 0.328 e. The van der Waals surface area contributed by atoms with Crippen molar-refractivity contribution in [2.24, 2.45) is 11.7 Å². The van der Waals surface area contributed by atoms with Crippen LogP contribution >= 0.6 is 0 Å². The highest BCUT2D eigenvalue weighted by Gasteiger charge is 2.09. The highest BCUT2D eigenvalue weighted by Crippen LogP contribution is 2.11. The zero-order valence-electron chi connectivity index (χ0n) is 9.49. The summed E-state index contributed by atoms with van der Waals surface area (Å²) in [7, 11) is -2.81. The Balaban J connectivity index is 3.59. The molecule has 2 atom stereocenters. The summed E-state index contributed by atoms with van der Waals surface area (Å²) in [5, 5.41) is 0. The summed E-state index contributed by atoms with van der Waals surface area (Å²) in [6.45, 7) is 4.32. The molecular weight excluding hydrogens is 198 g/mol. The fourth-order valence-electron chi connectivity index (χ4n) is 1.41. The van der Waals surface area contributed by atoms with Gasteiger partial charge in [0.2, 0.25) is 0 Å². The Hall–Kier alpha value is -0.0900. The minimum Gasteiger partial charge on any atom is -0.328 e. The molecule has 14 heavy (non-hydrogen) atoms. The maximum Gasteiger partial charge on any atom is 0.147 e. The van der Waals surface area contributed by atoms with Crippen molar-refractivity contribution in [1.29, 1.82) is 0 Å². The highest BCUT2D eigenvalue weighted by molar-refractivity contribution is 7.90. The van der Waals surface area contributed by atoms with Gasteiger partial charge in [-0.3, -0.25) is 0 Å². The Morgan fingerprint density at radius 2 is 1.93 bits per heavy atom. The minimum absolute atomic E-state index is 0.159. The first-order valence-corrected chi connectivity index (χ1v) is 7.34. The molecule has 0 aliphatic rings. The maximum atomic E-state index is 10.9. The molecule has 0 heterocycles. The van der Waals surface area contributed by atoms with Crippen molar-refractivity contribution in [3.8, 4) is 0 Å². The van der Waals surface area contributed by atoms with E-state index in [0.717, 1.165) is 19.3 Å². The van der Waals surface area contributed by atoms with Gasteiger partial charge >= 0.3 is 0 Å². The van der Waals surface area contributed by atoms with Crippen LogP contribution < -0.4 is 5.73 Å². The van der Waals surface area contributed by atoms with E-state index in [4.69, 9.17) is 5.73 Å². The average Bonchev–Trinajstić information content (AvgIpc) is 2.01. The van der Waals surface area contributed by atoms with Crippen LogP contribution in [0.2, 0.25) is 0 Å². The van der Waals surface area contributed by atoms with Gasteiger partial charge in [-0.05, 0) is 25.2 Å². The lowest BCUT2D eigenvalue weighted by molar-refractivity contribution is 0.433. The number of sulfone groups is 1. The molecule has 0 bridgehead atoms. The third kappa shape index (κ3) is 8.51. The average molecular weight is 221 g/mol. The van der Waals surface area contributed by atoms with Gasteiger partial charge in [-0.1, -0.05) is 20.3 Å². The molecule has 0 aliphatic heterocycles. The second kappa shape index (κ2) is 6.40. The van der Waals surface area contributed by atoms with Crippen LogP contribution in [0, 0.1) is 5.92 Å². The Kier molecular flexibility index (Phi) is 6.36. The first-order chi connectivity index (χ1) is 6.35. The van der Waals surface area contributed by atoms with E-state index in [1.807, 2.05) is 0 Å². The molecule has 2 unspecified atom stereocenters. The maximum absolute atomic E-state index is 10.9. The first-order valence-electron chi connectivity index (χ1n) is 5.28. The SMILES string of the molecule is CCC(C)CC(N)CCCS(C)(=O)=O. The summed E-state index contributed by atoms with van der Waals surface area (Å²) in [5.41, 5.74) is 5.88. The van der Waals surface area contributed by atoms with Gasteiger partial charge in [-0.15, -0.1) is 0 Å². The molecule has 0 saturated carbocycles. The van der Waals surface area contributed by atoms with E-state index < -0.39 is 9.84 Å². The van der Waals surface area contributed by atoms with Gasteiger partial charge in [0.05, 0.1) is 0 Å². The quantitative estimate of drug-likeness (QED) is 0.710. The lowest BCUT2D eigenvalue weighted by Gasteiger charge is -2.15. The second-order valence-corrected chi connectivity index (χ2v) is 6.54. The molecule has 0 radical (unpaired) electrons. The van der Waals surface area contributed by atoms with Crippen LogP contribution in [0.3, 0.4) is 0 Å². The van der Waals surface area contributed by atoms with E-state index >= 15 is 0 Å². The minimum atomic E-state index is -2.81. The summed E-state index contributed by atoms with van der Waals surface area (Å²) in [6.07, 6.45) is 4.92. The molecule has 0 spiro atoms. The molecule has 4 heteroatoms. The Labute approximate surface area is 88.0 Å². The lowest BCUT2D eigenvalue weighted by atomic mass is 9.97. The van der Waals surface area contributed by atoms with E-state index in [1.165, 1.54) is 6.26 Å². The molecule has 2 N–H and O–H groups in total. The molecular formula is C10H23NO2S. The summed E-state index contributed by atoms with van der Waals surface area (Å²) >= 11 is 0. The van der Waals surface area contributed by atoms with Gasteiger partial charge < -0.3 is 5.73 Å². The Bertz CT molecular complexity index is 237. The predicted octanol–water partition coefficient (Wildman–Crippen LogP) is 1.57. The van der Waals surface area contributed by atoms with Crippen molar-refractivity contribution in [3.63, 3.8) is 0 Å². The lowest BCUT2D eigenvalue weighted by Crippen LogP contribution is -2.23. The number of hydrogen-bond donors (Lipinski definition) is 1. The van der Waals surface area contributed by atoms with Gasteiger partial charge in [0.1, 0.15) is 9.84 Å². The molecule has 0 aliphatic carbocycles. The number of rotatable bonds is 7. The van der Waals surface area contributed by atoms with Crippen molar-refractivity contribution in [2.75, 3.05) is 12.0 Å². The molecule has 3 nitrogen and oxygen atoms in total. The first kappa shape index (κ1) is 13.9. The molecule has 0 aromatic rings. The molecule has 0 rings (SSSR count). The third-order valence-corrected chi connectivity index (χ3v) is 3.52. The van der Waals surface area contributed by atoms with Crippen molar-refractivity contribution in [1.82, 2.24) is 0 Å². The van der Waals surface area contributed by atoms with Crippen molar-refractivity contribution >= 4 is 9.84 Å². The van der Waals surface area contributed by atoms with Crippen LogP contribution in [-0.2, 0) is 9.84 Å². The normalized spacial score (nSPS) is 16.6. The molecule has 0 fully saturated rings. The summed E-state index contributed by atoms with van der Waals surface area (Å²) < 4.78 is 21.7. The van der Waals surface area contributed by atoms with E-state index in [-0.39, 0.29) is 11.8 Å². The molecule has 0 saturated heterocycles. The van der Waals surface area contributed by atoms with Crippen LogP contribution in [0.5, 0.6) is 0 Å². The Morgan fingerprint density at radius 3 is 2.36 bits per heavy atom. The van der Waals surface area contributed by atoms with Crippen molar-refractivity contribution in [3.05, 3.63) is 0 Å². The summed E-state index contributed by atoms with van der Waals surface area (Å²) in [6, 6.07) is 0.159. The monoisotopic (exact) mass is 221 g/mol. The van der Waals surface area contributed by atoms with Crippen LogP contribution in [-0.4, -0.2) is 26.5 Å². The molecule has 0 aromatic heterocycles. The zero-order chi connectivity index (χ0) is 11.2. The van der Waals surface area contributed by atoms with Crippen LogP contribution in [0.4, 0.5) is 0 Å². The zero-order valence-corrected chi connectivity index (χ0v) is 10.3. The fraction of sp³-hybridized carbons (Fsp3) is 1.00. The van der Waals surface area contributed by atoms with E-state index in [1.54, 1.807) is 0 Å². The number of hydrogen-bond acceptors (Lipinski definition) is 3. The van der Waals surface area contributed by atoms with Gasteiger partial charge in [-0.2, -0.15) is 0 Å². The van der Waals surface area contributed by atoms with E-state index in [9.17, 15) is 8.42 Å². The summed E-state index contributed by atoms with van der Waals surface area (Å²) in [5.74, 6) is 0.907. The van der Waals surface area contributed by atoms with Crippen LogP contribution in [0.15, 0.2) is 0 Å². The standard InChI is InChI=1S/C10H23NO2S/c1-4-9(2)8-10(11)6-5-7-14(3,12)13/h9-10H,4-8,11H2,1-3H3. The van der Waals surface area contributed by atoms with E-state index in [0.29, 0.717) is 12.3 Å². The highest BCUT2D eigenvalue weighted by atomic mass is 32.2. The fourth-order valence-corrected chi connectivity index (χ4v) is 2.10. The van der Waals surface area contributed by atoms with Gasteiger partial charge in [0.15, 0.2) is 0 Å². The van der Waals surface area contributed by atoms with Crippen molar-refractivity contribution in [2.45, 2.75) is 45.6 Å². The van der Waals surface area contributed by atoms with E-state index in [2.05, 4.69) is 13.8 Å². The third-order valence-electron chi connectivity index (χ3n) is 2.49. The van der Waals surface area contributed by atoms with Gasteiger partial charge in [0, 0.05) is 18.1 Å². The molecule has 0 amide bonds. The van der Waals surface area contributed by atoms with Crippen LogP contribution in [0.1, 0.15) is 39.5 Å². The second-order valence-electron chi connectivity index (χ2n) is 4.28. The van der Waals surface area contributed by atoms with Gasteiger partial charge in [0.25, 0.3) is 0 Å². The Morgan fingerprint density at radius 1 is 1.36 bits per heavy atom. The number of nitrogens with two attached hydrogens (primary N) is 1. The van der Waals surface area contributed by atoms with Gasteiger partial charge in [-0.25, -0.2) is 8.42 Å². The molecule has 86 valence electrons. The topological polar surface area (TPSA) is 60.2 Å². The smallest absolute Gasteiger partial charge is 0.147 e. The predicted molar refractivity (Wildman–Crippen MR) is 61.0 cm³/mol. The summed E-state index contributed by atoms with van der Waals surface area (Å²) in [4.78, 5) is 0. The molecule has 0 aromatic carbocycles.